The van der Waals surface area contributed by atoms with Crippen LogP contribution in [0.4, 0.5) is 5.69 Å². The van der Waals surface area contributed by atoms with Crippen molar-refractivity contribution in [2.24, 2.45) is 0 Å². The maximum atomic E-state index is 13.5. The molecule has 0 fully saturated rings. The van der Waals surface area contributed by atoms with Crippen LogP contribution in [0.15, 0.2) is 48.5 Å². The lowest BCUT2D eigenvalue weighted by Gasteiger charge is -2.32. The summed E-state index contributed by atoms with van der Waals surface area (Å²) in [5, 5.41) is 3.41. The van der Waals surface area contributed by atoms with Crippen LogP contribution in [0.25, 0.3) is 0 Å². The highest BCUT2D eigenvalue weighted by Gasteiger charge is 2.29. The molecule has 8 nitrogen and oxygen atoms in total. The summed E-state index contributed by atoms with van der Waals surface area (Å²) >= 11 is 6.06. The van der Waals surface area contributed by atoms with Gasteiger partial charge in [0.05, 0.1) is 19.1 Å². The number of carbonyl (C=O) groups excluding carboxylic acids is 2. The average Bonchev–Trinajstić information content (AvgIpc) is 2.85. The summed E-state index contributed by atoms with van der Waals surface area (Å²) in [5.74, 6) is 0.280. The van der Waals surface area contributed by atoms with E-state index >= 15 is 0 Å². The number of benzene rings is 2. The predicted octanol–water partition coefficient (Wildman–Crippen LogP) is 4.62. The number of nitrogens with zero attached hydrogens (tertiary/aromatic N) is 2. The molecule has 2 amide bonds. The van der Waals surface area contributed by atoms with Crippen LogP contribution in [0, 0.1) is 0 Å². The maximum Gasteiger partial charge on any atom is 0.243 e. The van der Waals surface area contributed by atoms with Crippen molar-refractivity contribution in [3.63, 3.8) is 0 Å². The fraction of sp³-hybridized carbons (Fsp3) is 0.481. The topological polar surface area (TPSA) is 96.0 Å². The number of rotatable bonds is 14. The normalized spacial score (nSPS) is 12.9. The van der Waals surface area contributed by atoms with Crippen molar-refractivity contribution in [2.75, 3.05) is 24.2 Å². The summed E-state index contributed by atoms with van der Waals surface area (Å²) in [6.07, 6.45) is 2.70. The molecule has 0 aliphatic heterocycles. The summed E-state index contributed by atoms with van der Waals surface area (Å²) in [6, 6.07) is 13.3. The fourth-order valence-corrected chi connectivity index (χ4v) is 5.07. The van der Waals surface area contributed by atoms with Gasteiger partial charge in [-0.2, -0.15) is 0 Å². The Hall–Kier alpha value is -2.78. The lowest BCUT2D eigenvalue weighted by atomic mass is 10.1. The fourth-order valence-electron chi connectivity index (χ4n) is 3.92. The van der Waals surface area contributed by atoms with Crippen molar-refractivity contribution in [1.82, 2.24) is 10.2 Å². The number of sulfonamides is 1. The first-order valence-corrected chi connectivity index (χ1v) is 14.7. The molecule has 1 N–H and O–H groups in total. The number of carbonyl (C=O) groups is 2. The molecule has 0 radical (unpaired) electrons. The third kappa shape index (κ3) is 9.23. The van der Waals surface area contributed by atoms with Gasteiger partial charge in [0.25, 0.3) is 0 Å². The quantitative estimate of drug-likeness (QED) is 0.370. The first kappa shape index (κ1) is 30.4. The minimum Gasteiger partial charge on any atom is -0.497 e. The highest BCUT2D eigenvalue weighted by Crippen LogP contribution is 2.23. The SMILES string of the molecule is CC[C@@H](C)NC(=O)[C@H](CC)N(Cc1ccc(OC)cc1)C(=O)CCCN(c1cccc(Cl)c1)S(C)(=O)=O. The highest BCUT2D eigenvalue weighted by atomic mass is 35.5. The lowest BCUT2D eigenvalue weighted by molar-refractivity contribution is -0.141. The molecule has 0 aromatic heterocycles. The predicted molar refractivity (Wildman–Crippen MR) is 148 cm³/mol. The van der Waals surface area contributed by atoms with Gasteiger partial charge in [0.15, 0.2) is 0 Å². The number of amides is 2. The molecule has 2 rings (SSSR count). The van der Waals surface area contributed by atoms with Crippen molar-refractivity contribution in [3.05, 3.63) is 59.1 Å². The number of hydrogen-bond acceptors (Lipinski definition) is 5. The second kappa shape index (κ2) is 14.2. The van der Waals surface area contributed by atoms with E-state index in [9.17, 15) is 18.0 Å². The van der Waals surface area contributed by atoms with E-state index in [0.717, 1.165) is 18.2 Å². The van der Waals surface area contributed by atoms with E-state index in [4.69, 9.17) is 16.3 Å². The van der Waals surface area contributed by atoms with E-state index in [1.807, 2.05) is 45.0 Å². The van der Waals surface area contributed by atoms with Crippen molar-refractivity contribution < 1.29 is 22.7 Å². The van der Waals surface area contributed by atoms with E-state index in [0.29, 0.717) is 22.9 Å². The lowest BCUT2D eigenvalue weighted by Crippen LogP contribution is -2.50. The number of anilines is 1. The van der Waals surface area contributed by atoms with Gasteiger partial charge in [0, 0.05) is 30.6 Å². The van der Waals surface area contributed by atoms with Crippen LogP contribution in [0.3, 0.4) is 0 Å². The van der Waals surface area contributed by atoms with Crippen LogP contribution in [0.1, 0.15) is 52.0 Å². The molecule has 204 valence electrons. The van der Waals surface area contributed by atoms with E-state index < -0.39 is 16.1 Å². The molecule has 0 bridgehead atoms. The zero-order chi connectivity index (χ0) is 27.6. The summed E-state index contributed by atoms with van der Waals surface area (Å²) in [6.45, 7) is 6.14. The Kier molecular flexibility index (Phi) is 11.7. The summed E-state index contributed by atoms with van der Waals surface area (Å²) < 4.78 is 31.4. The second-order valence-electron chi connectivity index (χ2n) is 9.03. The first-order valence-electron chi connectivity index (χ1n) is 12.5. The molecule has 37 heavy (non-hydrogen) atoms. The van der Waals surface area contributed by atoms with Crippen LogP contribution in [-0.2, 0) is 26.2 Å². The molecule has 0 saturated heterocycles. The van der Waals surface area contributed by atoms with Gasteiger partial charge in [-0.3, -0.25) is 13.9 Å². The van der Waals surface area contributed by atoms with E-state index in [1.165, 1.54) is 4.31 Å². The summed E-state index contributed by atoms with van der Waals surface area (Å²) in [7, 11) is -2.00. The minimum absolute atomic E-state index is 0.0134. The Bertz CT molecular complexity index is 1140. The molecule has 0 unspecified atom stereocenters. The van der Waals surface area contributed by atoms with Crippen LogP contribution in [-0.4, -0.2) is 57.1 Å². The van der Waals surface area contributed by atoms with E-state index in [2.05, 4.69) is 5.32 Å². The average molecular weight is 552 g/mol. The van der Waals surface area contributed by atoms with Gasteiger partial charge in [0.1, 0.15) is 11.8 Å². The Balaban J connectivity index is 2.23. The van der Waals surface area contributed by atoms with Gasteiger partial charge >= 0.3 is 0 Å². The highest BCUT2D eigenvalue weighted by molar-refractivity contribution is 7.92. The Morgan fingerprint density at radius 3 is 2.30 bits per heavy atom. The van der Waals surface area contributed by atoms with Gasteiger partial charge in [-0.1, -0.05) is 43.6 Å². The number of hydrogen-bond donors (Lipinski definition) is 1. The monoisotopic (exact) mass is 551 g/mol. The maximum absolute atomic E-state index is 13.5. The molecule has 0 aliphatic rings. The minimum atomic E-state index is -3.59. The molecular weight excluding hydrogens is 514 g/mol. The molecule has 0 saturated carbocycles. The van der Waals surface area contributed by atoms with Crippen LogP contribution >= 0.6 is 11.6 Å². The number of methoxy groups -OCH3 is 1. The van der Waals surface area contributed by atoms with Crippen LogP contribution in [0.5, 0.6) is 5.75 Å². The van der Waals surface area contributed by atoms with E-state index in [1.54, 1.807) is 36.3 Å². The van der Waals surface area contributed by atoms with Crippen molar-refractivity contribution in [3.8, 4) is 5.75 Å². The standard InChI is InChI=1S/C27H38ClN3O5S/c1-6-20(3)29-27(33)25(7-2)30(19-21-13-15-24(36-4)16-14-21)26(32)12-9-17-31(37(5,34)35)23-11-8-10-22(28)18-23/h8,10-11,13-16,18,20,25H,6-7,9,12,17,19H2,1-5H3,(H,29,33)/t20-,25+/m1/s1. The molecule has 0 heterocycles. The van der Waals surface area contributed by atoms with E-state index in [-0.39, 0.29) is 43.8 Å². The molecule has 10 heteroatoms. The smallest absolute Gasteiger partial charge is 0.243 e. The summed E-state index contributed by atoms with van der Waals surface area (Å²) in [5.41, 5.74) is 1.30. The van der Waals surface area contributed by atoms with Crippen LogP contribution in [0.2, 0.25) is 5.02 Å². The van der Waals surface area contributed by atoms with Crippen LogP contribution < -0.4 is 14.4 Å². The molecule has 2 atom stereocenters. The van der Waals surface area contributed by atoms with Gasteiger partial charge in [-0.25, -0.2) is 8.42 Å². The molecule has 0 aliphatic carbocycles. The number of halogens is 1. The third-order valence-electron chi connectivity index (χ3n) is 6.15. The van der Waals surface area contributed by atoms with Crippen molar-refractivity contribution in [2.45, 2.75) is 65.1 Å². The first-order chi connectivity index (χ1) is 17.5. The third-order valence-corrected chi connectivity index (χ3v) is 7.58. The Morgan fingerprint density at radius 1 is 1.08 bits per heavy atom. The zero-order valence-electron chi connectivity index (χ0n) is 22.2. The largest absolute Gasteiger partial charge is 0.497 e. The molecule has 2 aromatic rings. The molecular formula is C27H38ClN3O5S. The Morgan fingerprint density at radius 2 is 1.76 bits per heavy atom. The van der Waals surface area contributed by atoms with Gasteiger partial charge in [0.2, 0.25) is 21.8 Å². The Labute approximate surface area is 226 Å². The van der Waals surface area contributed by atoms with Gasteiger partial charge in [-0.15, -0.1) is 0 Å². The second-order valence-corrected chi connectivity index (χ2v) is 11.4. The van der Waals surface area contributed by atoms with Gasteiger partial charge in [-0.05, 0) is 62.1 Å². The van der Waals surface area contributed by atoms with Gasteiger partial charge < -0.3 is 15.0 Å². The van der Waals surface area contributed by atoms with Crippen molar-refractivity contribution in [1.29, 1.82) is 0 Å². The zero-order valence-corrected chi connectivity index (χ0v) is 23.8. The number of ether oxygens (including phenoxy) is 1. The summed E-state index contributed by atoms with van der Waals surface area (Å²) in [4.78, 5) is 28.2. The molecule has 0 spiro atoms. The van der Waals surface area contributed by atoms with Crippen molar-refractivity contribution >= 4 is 39.1 Å². The molecule has 2 aromatic carbocycles. The number of nitrogens with one attached hydrogen (secondary N) is 1.